The predicted octanol–water partition coefficient (Wildman–Crippen LogP) is 2.09. The van der Waals surface area contributed by atoms with E-state index >= 15 is 0 Å². The fourth-order valence-corrected chi connectivity index (χ4v) is 2.91. The second-order valence-electron chi connectivity index (χ2n) is 5.71. The Balaban J connectivity index is 1.70. The van der Waals surface area contributed by atoms with Crippen LogP contribution in [0.3, 0.4) is 0 Å². The Hall–Kier alpha value is -2.40. The molecule has 3 rings (SSSR count). The van der Waals surface area contributed by atoms with Crippen molar-refractivity contribution in [1.82, 2.24) is 19.4 Å². The summed E-state index contributed by atoms with van der Waals surface area (Å²) in [6, 6.07) is 10.1. The van der Waals surface area contributed by atoms with Gasteiger partial charge in [0.1, 0.15) is 5.82 Å². The maximum absolute atomic E-state index is 12.1. The van der Waals surface area contributed by atoms with E-state index in [0.717, 1.165) is 32.0 Å². The van der Waals surface area contributed by atoms with Crippen molar-refractivity contribution in [3.05, 3.63) is 61.1 Å². The van der Waals surface area contributed by atoms with Crippen LogP contribution in [0.4, 0.5) is 0 Å². The zero-order chi connectivity index (χ0) is 16.1. The molecular weight excluding hydrogens is 288 g/mol. The van der Waals surface area contributed by atoms with Crippen LogP contribution in [-0.2, 0) is 11.3 Å². The second kappa shape index (κ2) is 7.24. The van der Waals surface area contributed by atoms with Crippen molar-refractivity contribution in [2.45, 2.75) is 13.0 Å². The van der Waals surface area contributed by atoms with Crippen molar-refractivity contribution in [1.29, 1.82) is 0 Å². The summed E-state index contributed by atoms with van der Waals surface area (Å²) >= 11 is 0. The highest BCUT2D eigenvalue weighted by molar-refractivity contribution is 5.76. The number of hydrogen-bond donors (Lipinski definition) is 0. The van der Waals surface area contributed by atoms with E-state index in [4.69, 9.17) is 0 Å². The van der Waals surface area contributed by atoms with Crippen LogP contribution in [0.1, 0.15) is 12.1 Å². The molecule has 0 unspecified atom stereocenters. The molecule has 120 valence electrons. The maximum atomic E-state index is 12.1. The molecule has 1 aliphatic rings. The summed E-state index contributed by atoms with van der Waals surface area (Å²) in [5.74, 6) is 1.14. The van der Waals surface area contributed by atoms with Crippen molar-refractivity contribution in [3.63, 3.8) is 0 Å². The summed E-state index contributed by atoms with van der Waals surface area (Å²) < 4.78 is 2.11. The van der Waals surface area contributed by atoms with Gasteiger partial charge in [-0.1, -0.05) is 12.1 Å². The summed E-state index contributed by atoms with van der Waals surface area (Å²) in [6.45, 7) is 7.61. The predicted molar refractivity (Wildman–Crippen MR) is 90.2 cm³/mol. The average molecular weight is 310 g/mol. The maximum Gasteiger partial charge on any atom is 0.224 e. The molecule has 23 heavy (non-hydrogen) atoms. The van der Waals surface area contributed by atoms with Crippen LogP contribution >= 0.6 is 0 Å². The summed E-state index contributed by atoms with van der Waals surface area (Å²) in [5.41, 5.74) is 1.19. The monoisotopic (exact) mass is 310 g/mol. The van der Waals surface area contributed by atoms with E-state index in [0.29, 0.717) is 13.0 Å². The fraction of sp³-hybridized carbons (Fsp3) is 0.333. The number of carbonyl (C=O) groups excluding carboxylic acids is 1. The van der Waals surface area contributed by atoms with Crippen LogP contribution in [0.15, 0.2) is 55.4 Å². The third-order valence-corrected chi connectivity index (χ3v) is 4.15. The minimum atomic E-state index is 0.215. The summed E-state index contributed by atoms with van der Waals surface area (Å²) in [5, 5.41) is 0. The third-order valence-electron chi connectivity index (χ3n) is 4.15. The van der Waals surface area contributed by atoms with Crippen LogP contribution in [0.5, 0.6) is 0 Å². The summed E-state index contributed by atoms with van der Waals surface area (Å²) in [6.07, 6.45) is 6.19. The molecule has 0 N–H and O–H groups in total. The topological polar surface area (TPSA) is 41.4 Å². The van der Waals surface area contributed by atoms with Gasteiger partial charge in [-0.15, -0.1) is 6.58 Å². The van der Waals surface area contributed by atoms with Gasteiger partial charge in [0.2, 0.25) is 5.91 Å². The van der Waals surface area contributed by atoms with E-state index in [1.54, 1.807) is 12.3 Å². The average Bonchev–Trinajstić information content (AvgIpc) is 2.97. The third kappa shape index (κ3) is 3.68. The zero-order valence-electron chi connectivity index (χ0n) is 13.3. The van der Waals surface area contributed by atoms with Gasteiger partial charge in [-0.3, -0.25) is 9.69 Å². The van der Waals surface area contributed by atoms with Gasteiger partial charge in [-0.25, -0.2) is 4.98 Å². The Morgan fingerprint density at radius 2 is 2.09 bits per heavy atom. The Bertz CT molecular complexity index is 665. The molecule has 0 radical (unpaired) electrons. The number of carbonyl (C=O) groups is 1. The largest absolute Gasteiger partial charge is 0.338 e. The lowest BCUT2D eigenvalue weighted by atomic mass is 10.3. The highest BCUT2D eigenvalue weighted by Crippen LogP contribution is 2.14. The first-order valence-corrected chi connectivity index (χ1v) is 7.96. The number of nitrogens with zero attached hydrogens (tertiary/aromatic N) is 4. The van der Waals surface area contributed by atoms with Crippen LogP contribution in [0, 0.1) is 0 Å². The molecule has 2 aromatic heterocycles. The van der Waals surface area contributed by atoms with Gasteiger partial charge < -0.3 is 9.47 Å². The van der Waals surface area contributed by atoms with Crippen LogP contribution < -0.4 is 0 Å². The second-order valence-corrected chi connectivity index (χ2v) is 5.71. The molecule has 0 bridgehead atoms. The lowest BCUT2D eigenvalue weighted by Crippen LogP contribution is -2.33. The van der Waals surface area contributed by atoms with E-state index in [-0.39, 0.29) is 5.91 Å². The molecule has 0 aliphatic carbocycles. The van der Waals surface area contributed by atoms with Crippen molar-refractivity contribution in [2.24, 2.45) is 0 Å². The molecule has 0 atom stereocenters. The first-order chi connectivity index (χ1) is 11.3. The first-order valence-electron chi connectivity index (χ1n) is 7.96. The molecular formula is C18H22N4O. The minimum absolute atomic E-state index is 0.215. The molecule has 1 amide bonds. The van der Waals surface area contributed by atoms with Crippen LogP contribution in [0.2, 0.25) is 0 Å². The molecule has 5 nitrogen and oxygen atoms in total. The molecule has 5 heteroatoms. The Labute approximate surface area is 136 Å². The van der Waals surface area contributed by atoms with Crippen molar-refractivity contribution in [3.8, 4) is 5.82 Å². The smallest absolute Gasteiger partial charge is 0.224 e. The van der Waals surface area contributed by atoms with Gasteiger partial charge in [0.05, 0.1) is 0 Å². The zero-order valence-corrected chi connectivity index (χ0v) is 13.3. The van der Waals surface area contributed by atoms with Crippen molar-refractivity contribution in [2.75, 3.05) is 26.2 Å². The van der Waals surface area contributed by atoms with Crippen molar-refractivity contribution >= 4 is 5.91 Å². The first kappa shape index (κ1) is 15.5. The lowest BCUT2D eigenvalue weighted by Gasteiger charge is -2.21. The quantitative estimate of drug-likeness (QED) is 0.794. The van der Waals surface area contributed by atoms with Gasteiger partial charge >= 0.3 is 0 Å². The minimum Gasteiger partial charge on any atom is -0.338 e. The molecule has 0 aromatic carbocycles. The van der Waals surface area contributed by atoms with Crippen LogP contribution in [0.25, 0.3) is 5.82 Å². The number of hydrogen-bond acceptors (Lipinski definition) is 3. The Morgan fingerprint density at radius 3 is 2.87 bits per heavy atom. The van der Waals surface area contributed by atoms with Gasteiger partial charge in [-0.05, 0) is 24.3 Å². The molecule has 1 aliphatic heterocycles. The van der Waals surface area contributed by atoms with Gasteiger partial charge in [0, 0.05) is 57.2 Å². The van der Waals surface area contributed by atoms with Gasteiger partial charge in [-0.2, -0.15) is 0 Å². The number of aromatic nitrogens is 2. The normalized spacial score (nSPS) is 16.3. The summed E-state index contributed by atoms with van der Waals surface area (Å²) in [7, 11) is 0. The van der Waals surface area contributed by atoms with E-state index in [2.05, 4.69) is 27.1 Å². The van der Waals surface area contributed by atoms with Crippen molar-refractivity contribution < 1.29 is 4.79 Å². The fourth-order valence-electron chi connectivity index (χ4n) is 2.91. The summed E-state index contributed by atoms with van der Waals surface area (Å²) in [4.78, 5) is 20.7. The molecule has 1 saturated heterocycles. The highest BCUT2D eigenvalue weighted by atomic mass is 16.2. The SMILES string of the molecule is C=CCN1CCN(Cc2cccn2-c2ccccn2)CCC1=O. The number of rotatable bonds is 5. The Morgan fingerprint density at radius 1 is 1.17 bits per heavy atom. The molecule has 0 saturated carbocycles. The van der Waals surface area contributed by atoms with E-state index in [1.807, 2.05) is 35.4 Å². The standard InChI is InChI=1S/C18H22N4O/c1-2-10-21-14-13-20(12-8-18(21)23)15-16-6-5-11-22(16)17-7-3-4-9-19-17/h2-7,9,11H,1,8,10,12-15H2. The molecule has 0 spiro atoms. The van der Waals surface area contributed by atoms with E-state index in [9.17, 15) is 4.79 Å². The van der Waals surface area contributed by atoms with E-state index < -0.39 is 0 Å². The van der Waals surface area contributed by atoms with Gasteiger partial charge in [0.15, 0.2) is 0 Å². The number of amides is 1. The van der Waals surface area contributed by atoms with E-state index in [1.165, 1.54) is 5.69 Å². The lowest BCUT2D eigenvalue weighted by molar-refractivity contribution is -0.129. The molecule has 1 fully saturated rings. The molecule has 3 heterocycles. The Kier molecular flexibility index (Phi) is 4.88. The highest BCUT2D eigenvalue weighted by Gasteiger charge is 2.20. The van der Waals surface area contributed by atoms with Gasteiger partial charge in [0.25, 0.3) is 0 Å². The molecule has 2 aromatic rings. The number of pyridine rings is 1. The van der Waals surface area contributed by atoms with Crippen LogP contribution in [-0.4, -0.2) is 51.4 Å².